The van der Waals surface area contributed by atoms with Crippen LogP contribution < -0.4 is 5.32 Å². The number of nitrogens with one attached hydrogen (secondary N) is 1. The van der Waals surface area contributed by atoms with Crippen molar-refractivity contribution in [1.82, 2.24) is 5.32 Å². The Balaban J connectivity index is 2.07. The van der Waals surface area contributed by atoms with Crippen LogP contribution in [0, 0.1) is 0 Å². The highest BCUT2D eigenvalue weighted by Gasteiger charge is 2.21. The van der Waals surface area contributed by atoms with Gasteiger partial charge in [-0.1, -0.05) is 35.9 Å². The minimum Gasteiger partial charge on any atom is -0.396 e. The highest BCUT2D eigenvalue weighted by atomic mass is 35.5. The third kappa shape index (κ3) is 5.34. The SMILES string of the molecule is C[C@@](O)(CCCO)CNC(=O)c1cccc(-c2cccc(Cl)c2)c1. The Hall–Kier alpha value is -1.88. The van der Waals surface area contributed by atoms with E-state index in [1.165, 1.54) is 0 Å². The van der Waals surface area contributed by atoms with Crippen molar-refractivity contribution in [3.63, 3.8) is 0 Å². The van der Waals surface area contributed by atoms with Gasteiger partial charge in [0.05, 0.1) is 5.60 Å². The van der Waals surface area contributed by atoms with Crippen molar-refractivity contribution < 1.29 is 15.0 Å². The summed E-state index contributed by atoms with van der Waals surface area (Å²) in [6.07, 6.45) is 0.916. The lowest BCUT2D eigenvalue weighted by molar-refractivity contribution is 0.0415. The van der Waals surface area contributed by atoms with E-state index in [-0.39, 0.29) is 19.1 Å². The summed E-state index contributed by atoms with van der Waals surface area (Å²) >= 11 is 6.01. The van der Waals surface area contributed by atoms with E-state index < -0.39 is 5.60 Å². The number of aliphatic hydroxyl groups is 2. The van der Waals surface area contributed by atoms with Crippen LogP contribution in [0.3, 0.4) is 0 Å². The Morgan fingerprint density at radius 2 is 1.83 bits per heavy atom. The standard InChI is InChI=1S/C19H22ClNO3/c1-19(24,9-4-10-22)13-21-18(23)16-7-2-5-14(11-16)15-6-3-8-17(20)12-15/h2-3,5-8,11-12,22,24H,4,9-10,13H2,1H3,(H,21,23)/t19-/m1/s1. The summed E-state index contributed by atoms with van der Waals surface area (Å²) in [4.78, 5) is 12.3. The van der Waals surface area contributed by atoms with Crippen molar-refractivity contribution in [3.8, 4) is 11.1 Å². The molecule has 1 atom stereocenters. The minimum absolute atomic E-state index is 0.0196. The fraction of sp³-hybridized carbons (Fsp3) is 0.316. The predicted octanol–water partition coefficient (Wildman–Crippen LogP) is 3.26. The summed E-state index contributed by atoms with van der Waals surface area (Å²) in [6.45, 7) is 1.80. The molecule has 24 heavy (non-hydrogen) atoms. The number of amides is 1. The molecule has 0 aliphatic rings. The van der Waals surface area contributed by atoms with Gasteiger partial charge in [0.25, 0.3) is 5.91 Å². The molecule has 0 unspecified atom stereocenters. The van der Waals surface area contributed by atoms with Crippen molar-refractivity contribution in [2.75, 3.05) is 13.2 Å². The lowest BCUT2D eigenvalue weighted by Crippen LogP contribution is -2.40. The number of hydrogen-bond donors (Lipinski definition) is 3. The molecular formula is C19H22ClNO3. The van der Waals surface area contributed by atoms with E-state index in [0.717, 1.165) is 11.1 Å². The normalized spacial score (nSPS) is 13.3. The maximum atomic E-state index is 12.3. The van der Waals surface area contributed by atoms with Crippen LogP contribution in [-0.2, 0) is 0 Å². The molecule has 2 rings (SSSR count). The molecule has 0 radical (unpaired) electrons. The number of benzene rings is 2. The molecule has 0 bridgehead atoms. The lowest BCUT2D eigenvalue weighted by Gasteiger charge is -2.23. The summed E-state index contributed by atoms with van der Waals surface area (Å²) in [6, 6.07) is 14.7. The second kappa shape index (κ2) is 8.29. The molecule has 0 aromatic heterocycles. The molecule has 0 saturated carbocycles. The van der Waals surface area contributed by atoms with E-state index in [9.17, 15) is 9.90 Å². The van der Waals surface area contributed by atoms with Gasteiger partial charge in [-0.25, -0.2) is 0 Å². The largest absolute Gasteiger partial charge is 0.396 e. The van der Waals surface area contributed by atoms with Crippen molar-refractivity contribution in [2.45, 2.75) is 25.4 Å². The topological polar surface area (TPSA) is 69.6 Å². The third-order valence-corrected chi connectivity index (χ3v) is 4.02. The molecule has 1 amide bonds. The van der Waals surface area contributed by atoms with Gasteiger partial charge in [-0.2, -0.15) is 0 Å². The first-order chi connectivity index (χ1) is 11.4. The second-order valence-corrected chi connectivity index (χ2v) is 6.53. The smallest absolute Gasteiger partial charge is 0.251 e. The molecule has 2 aromatic carbocycles. The lowest BCUT2D eigenvalue weighted by atomic mass is 10.00. The van der Waals surface area contributed by atoms with Crippen LogP contribution in [0.5, 0.6) is 0 Å². The van der Waals surface area contributed by atoms with Gasteiger partial charge in [0.1, 0.15) is 0 Å². The average molecular weight is 348 g/mol. The maximum absolute atomic E-state index is 12.3. The molecule has 0 aliphatic carbocycles. The monoisotopic (exact) mass is 347 g/mol. The molecule has 5 heteroatoms. The van der Waals surface area contributed by atoms with E-state index >= 15 is 0 Å². The number of hydrogen-bond acceptors (Lipinski definition) is 3. The summed E-state index contributed by atoms with van der Waals surface area (Å²) in [5.41, 5.74) is 1.32. The summed E-state index contributed by atoms with van der Waals surface area (Å²) in [5, 5.41) is 22.4. The molecule has 2 aromatic rings. The van der Waals surface area contributed by atoms with Crippen LogP contribution in [0.4, 0.5) is 0 Å². The van der Waals surface area contributed by atoms with E-state index in [4.69, 9.17) is 16.7 Å². The Bertz CT molecular complexity index is 701. The Morgan fingerprint density at radius 3 is 2.50 bits per heavy atom. The molecular weight excluding hydrogens is 326 g/mol. The zero-order valence-electron chi connectivity index (χ0n) is 13.6. The molecule has 0 aliphatic heterocycles. The van der Waals surface area contributed by atoms with Gasteiger partial charge in [-0.05, 0) is 55.2 Å². The second-order valence-electron chi connectivity index (χ2n) is 6.10. The summed E-state index contributed by atoms with van der Waals surface area (Å²) in [7, 11) is 0. The van der Waals surface area contributed by atoms with Gasteiger partial charge in [-0.15, -0.1) is 0 Å². The number of carbonyl (C=O) groups is 1. The van der Waals surface area contributed by atoms with Gasteiger partial charge in [0, 0.05) is 23.7 Å². The molecule has 0 spiro atoms. The van der Waals surface area contributed by atoms with Crippen LogP contribution in [0.2, 0.25) is 5.02 Å². The quantitative estimate of drug-likeness (QED) is 0.720. The van der Waals surface area contributed by atoms with E-state index in [1.54, 1.807) is 25.1 Å². The molecule has 4 nitrogen and oxygen atoms in total. The molecule has 0 fully saturated rings. The zero-order valence-corrected chi connectivity index (χ0v) is 14.4. The summed E-state index contributed by atoms with van der Waals surface area (Å²) < 4.78 is 0. The third-order valence-electron chi connectivity index (χ3n) is 3.79. The highest BCUT2D eigenvalue weighted by Crippen LogP contribution is 2.23. The van der Waals surface area contributed by atoms with Gasteiger partial charge in [0.15, 0.2) is 0 Å². The van der Waals surface area contributed by atoms with Crippen LogP contribution in [0.15, 0.2) is 48.5 Å². The Labute approximate surface area is 147 Å². The first kappa shape index (κ1) is 18.5. The number of rotatable bonds is 7. The van der Waals surface area contributed by atoms with Crippen molar-refractivity contribution >= 4 is 17.5 Å². The van der Waals surface area contributed by atoms with Crippen LogP contribution >= 0.6 is 11.6 Å². The highest BCUT2D eigenvalue weighted by molar-refractivity contribution is 6.30. The number of aliphatic hydroxyl groups excluding tert-OH is 1. The minimum atomic E-state index is -1.04. The van der Waals surface area contributed by atoms with Crippen molar-refractivity contribution in [2.24, 2.45) is 0 Å². The molecule has 128 valence electrons. The van der Waals surface area contributed by atoms with Gasteiger partial charge in [-0.3, -0.25) is 4.79 Å². The zero-order chi connectivity index (χ0) is 17.6. The van der Waals surface area contributed by atoms with Crippen LogP contribution in [-0.4, -0.2) is 34.9 Å². The predicted molar refractivity (Wildman–Crippen MR) is 96.2 cm³/mol. The van der Waals surface area contributed by atoms with Crippen LogP contribution in [0.1, 0.15) is 30.1 Å². The van der Waals surface area contributed by atoms with Gasteiger partial charge in [0.2, 0.25) is 0 Å². The van der Waals surface area contributed by atoms with Crippen molar-refractivity contribution in [3.05, 3.63) is 59.1 Å². The first-order valence-electron chi connectivity index (χ1n) is 7.89. The number of carbonyl (C=O) groups excluding carboxylic acids is 1. The summed E-state index contributed by atoms with van der Waals surface area (Å²) in [5.74, 6) is -0.247. The fourth-order valence-corrected chi connectivity index (χ4v) is 2.62. The first-order valence-corrected chi connectivity index (χ1v) is 8.26. The molecule has 0 saturated heterocycles. The Kier molecular flexibility index (Phi) is 6.37. The van der Waals surface area contributed by atoms with Crippen LogP contribution in [0.25, 0.3) is 11.1 Å². The van der Waals surface area contributed by atoms with E-state index in [1.807, 2.05) is 30.3 Å². The van der Waals surface area contributed by atoms with E-state index in [0.29, 0.717) is 23.4 Å². The number of halogens is 1. The molecule has 0 heterocycles. The van der Waals surface area contributed by atoms with E-state index in [2.05, 4.69) is 5.32 Å². The van der Waals surface area contributed by atoms with Crippen molar-refractivity contribution in [1.29, 1.82) is 0 Å². The fourth-order valence-electron chi connectivity index (χ4n) is 2.43. The Morgan fingerprint density at radius 1 is 1.17 bits per heavy atom. The average Bonchev–Trinajstić information content (AvgIpc) is 2.58. The molecule has 3 N–H and O–H groups in total. The maximum Gasteiger partial charge on any atom is 0.251 e. The van der Waals surface area contributed by atoms with Gasteiger partial charge < -0.3 is 15.5 Å². The van der Waals surface area contributed by atoms with Gasteiger partial charge >= 0.3 is 0 Å².